The molecule has 2 amide bonds. The fourth-order valence-corrected chi connectivity index (χ4v) is 2.95. The Morgan fingerprint density at radius 3 is 2.50 bits per heavy atom. The molecule has 0 fully saturated rings. The molecule has 3 rings (SSSR count). The highest BCUT2D eigenvalue weighted by Crippen LogP contribution is 2.24. The topological polar surface area (TPSA) is 88.7 Å². The van der Waals surface area contributed by atoms with Crippen LogP contribution in [0.4, 0.5) is 11.4 Å². The summed E-state index contributed by atoms with van der Waals surface area (Å²) in [5.74, 6) is 0.176. The smallest absolute Gasteiger partial charge is 0.251 e. The van der Waals surface area contributed by atoms with Gasteiger partial charge in [0.15, 0.2) is 0 Å². The summed E-state index contributed by atoms with van der Waals surface area (Å²) in [7, 11) is 1.58. The maximum atomic E-state index is 12.5. The first-order valence-electron chi connectivity index (χ1n) is 10.3. The highest BCUT2D eigenvalue weighted by atomic mass is 16.5. The van der Waals surface area contributed by atoms with E-state index >= 15 is 0 Å². The molecular formula is C25H27N3O4. The van der Waals surface area contributed by atoms with Gasteiger partial charge in [0, 0.05) is 24.9 Å². The van der Waals surface area contributed by atoms with E-state index in [4.69, 9.17) is 9.47 Å². The largest absolute Gasteiger partial charge is 0.487 e. The molecule has 166 valence electrons. The van der Waals surface area contributed by atoms with E-state index in [0.717, 1.165) is 5.56 Å². The van der Waals surface area contributed by atoms with Crippen molar-refractivity contribution in [3.63, 3.8) is 0 Å². The fraction of sp³-hybridized carbons (Fsp3) is 0.200. The Bertz CT molecular complexity index is 1020. The minimum absolute atomic E-state index is 0.0434. The Hall–Kier alpha value is -3.84. The van der Waals surface area contributed by atoms with Crippen LogP contribution in [0.15, 0.2) is 78.9 Å². The summed E-state index contributed by atoms with van der Waals surface area (Å²) in [5, 5.41) is 8.69. The number of hydrogen-bond donors (Lipinski definition) is 3. The van der Waals surface area contributed by atoms with E-state index in [2.05, 4.69) is 16.0 Å². The first-order valence-corrected chi connectivity index (χ1v) is 10.3. The number of hydrogen-bond acceptors (Lipinski definition) is 5. The molecule has 0 aliphatic rings. The standard InChI is InChI=1S/C25H27N3O4/c1-31-15-14-26-25(30)20-10-7-11-21(16-20)27-17-24(29)28-22-12-5-6-13-23(22)32-18-19-8-3-2-4-9-19/h2-13,16,27H,14-15,17-18H2,1H3,(H,26,30)(H,28,29). The molecule has 0 aromatic heterocycles. The van der Waals surface area contributed by atoms with E-state index in [0.29, 0.717) is 42.4 Å². The third-order valence-corrected chi connectivity index (χ3v) is 4.57. The summed E-state index contributed by atoms with van der Waals surface area (Å²) >= 11 is 0. The predicted molar refractivity (Wildman–Crippen MR) is 125 cm³/mol. The molecule has 0 saturated carbocycles. The SMILES string of the molecule is COCCNC(=O)c1cccc(NCC(=O)Nc2ccccc2OCc2ccccc2)c1. The lowest BCUT2D eigenvalue weighted by molar-refractivity contribution is -0.114. The molecule has 3 aromatic carbocycles. The van der Waals surface area contributed by atoms with Gasteiger partial charge in [-0.25, -0.2) is 0 Å². The average Bonchev–Trinajstić information content (AvgIpc) is 2.83. The minimum atomic E-state index is -0.226. The van der Waals surface area contributed by atoms with Gasteiger partial charge in [0.25, 0.3) is 5.91 Å². The summed E-state index contributed by atoms with van der Waals surface area (Å²) in [6.07, 6.45) is 0. The zero-order valence-electron chi connectivity index (χ0n) is 18.0. The van der Waals surface area contributed by atoms with Crippen LogP contribution in [0.25, 0.3) is 0 Å². The molecule has 32 heavy (non-hydrogen) atoms. The Kier molecular flexibility index (Phi) is 8.65. The predicted octanol–water partition coefficient (Wildman–Crippen LogP) is 3.69. The number of benzene rings is 3. The van der Waals surface area contributed by atoms with E-state index in [1.807, 2.05) is 48.5 Å². The Labute approximate surface area is 187 Å². The summed E-state index contributed by atoms with van der Waals surface area (Å²) in [4.78, 5) is 24.6. The van der Waals surface area contributed by atoms with Crippen molar-refractivity contribution in [1.29, 1.82) is 0 Å². The van der Waals surface area contributed by atoms with Crippen molar-refractivity contribution >= 4 is 23.2 Å². The molecule has 7 heteroatoms. The van der Waals surface area contributed by atoms with Crippen molar-refractivity contribution in [1.82, 2.24) is 5.32 Å². The number of rotatable bonds is 11. The van der Waals surface area contributed by atoms with Gasteiger partial charge in [-0.2, -0.15) is 0 Å². The lowest BCUT2D eigenvalue weighted by Crippen LogP contribution is -2.27. The van der Waals surface area contributed by atoms with Crippen molar-refractivity contribution in [2.45, 2.75) is 6.61 Å². The molecule has 3 aromatic rings. The van der Waals surface area contributed by atoms with Gasteiger partial charge in [0.05, 0.1) is 18.8 Å². The maximum absolute atomic E-state index is 12.5. The number of ether oxygens (including phenoxy) is 2. The monoisotopic (exact) mass is 433 g/mol. The first kappa shape index (κ1) is 22.8. The van der Waals surface area contributed by atoms with Crippen LogP contribution in [0.5, 0.6) is 5.75 Å². The molecule has 0 saturated heterocycles. The van der Waals surface area contributed by atoms with Crippen molar-refractivity contribution in [2.24, 2.45) is 0 Å². The minimum Gasteiger partial charge on any atom is -0.487 e. The molecule has 0 unspecified atom stereocenters. The fourth-order valence-electron chi connectivity index (χ4n) is 2.95. The van der Waals surface area contributed by atoms with Gasteiger partial charge < -0.3 is 25.4 Å². The summed E-state index contributed by atoms with van der Waals surface area (Å²) in [6, 6.07) is 24.1. The van der Waals surface area contributed by atoms with Gasteiger partial charge in [-0.05, 0) is 35.9 Å². The molecule has 0 aliphatic heterocycles. The zero-order chi connectivity index (χ0) is 22.6. The molecule has 3 N–H and O–H groups in total. The van der Waals surface area contributed by atoms with E-state index in [9.17, 15) is 9.59 Å². The number of carbonyl (C=O) groups is 2. The van der Waals surface area contributed by atoms with Crippen LogP contribution in [0.1, 0.15) is 15.9 Å². The lowest BCUT2D eigenvalue weighted by atomic mass is 10.2. The quantitative estimate of drug-likeness (QED) is 0.402. The van der Waals surface area contributed by atoms with Crippen molar-refractivity contribution in [3.8, 4) is 5.75 Å². The van der Waals surface area contributed by atoms with Crippen LogP contribution < -0.4 is 20.7 Å². The first-order chi connectivity index (χ1) is 15.7. The van der Waals surface area contributed by atoms with Gasteiger partial charge in [0.2, 0.25) is 5.91 Å². The summed E-state index contributed by atoms with van der Waals surface area (Å²) in [6.45, 7) is 1.33. The third-order valence-electron chi connectivity index (χ3n) is 4.57. The number of carbonyl (C=O) groups excluding carboxylic acids is 2. The molecule has 7 nitrogen and oxygen atoms in total. The zero-order valence-corrected chi connectivity index (χ0v) is 18.0. The Morgan fingerprint density at radius 1 is 0.906 bits per heavy atom. The highest BCUT2D eigenvalue weighted by Gasteiger charge is 2.09. The molecule has 0 aliphatic carbocycles. The van der Waals surface area contributed by atoms with Crippen LogP contribution in [0, 0.1) is 0 Å². The van der Waals surface area contributed by atoms with Crippen molar-refractivity contribution in [2.75, 3.05) is 37.4 Å². The van der Waals surface area contributed by atoms with Crippen LogP contribution in [0.2, 0.25) is 0 Å². The van der Waals surface area contributed by atoms with E-state index in [1.54, 1.807) is 37.4 Å². The highest BCUT2D eigenvalue weighted by molar-refractivity contribution is 5.96. The number of para-hydroxylation sites is 2. The van der Waals surface area contributed by atoms with Crippen LogP contribution in [0.3, 0.4) is 0 Å². The molecule has 0 spiro atoms. The third kappa shape index (κ3) is 7.14. The van der Waals surface area contributed by atoms with Crippen LogP contribution >= 0.6 is 0 Å². The average molecular weight is 434 g/mol. The molecule has 0 bridgehead atoms. The second kappa shape index (κ2) is 12.1. The summed E-state index contributed by atoms with van der Waals surface area (Å²) < 4.78 is 10.8. The molecule has 0 radical (unpaired) electrons. The van der Waals surface area contributed by atoms with Gasteiger partial charge in [-0.3, -0.25) is 9.59 Å². The second-order valence-corrected chi connectivity index (χ2v) is 7.00. The Balaban J connectivity index is 1.53. The van der Waals surface area contributed by atoms with E-state index in [-0.39, 0.29) is 18.4 Å². The second-order valence-electron chi connectivity index (χ2n) is 7.00. The van der Waals surface area contributed by atoms with Gasteiger partial charge in [0.1, 0.15) is 12.4 Å². The van der Waals surface area contributed by atoms with Crippen LogP contribution in [-0.2, 0) is 16.1 Å². The number of amides is 2. The van der Waals surface area contributed by atoms with Crippen LogP contribution in [-0.4, -0.2) is 38.6 Å². The van der Waals surface area contributed by atoms with E-state index < -0.39 is 0 Å². The number of nitrogens with one attached hydrogen (secondary N) is 3. The molecule has 0 heterocycles. The van der Waals surface area contributed by atoms with Crippen molar-refractivity contribution < 1.29 is 19.1 Å². The van der Waals surface area contributed by atoms with Crippen molar-refractivity contribution in [3.05, 3.63) is 90.0 Å². The summed E-state index contributed by atoms with van der Waals surface area (Å²) in [5.41, 5.74) is 2.82. The number of anilines is 2. The van der Waals surface area contributed by atoms with Gasteiger partial charge >= 0.3 is 0 Å². The number of methoxy groups -OCH3 is 1. The van der Waals surface area contributed by atoms with Gasteiger partial charge in [-0.15, -0.1) is 0 Å². The molecule has 0 atom stereocenters. The van der Waals surface area contributed by atoms with Gasteiger partial charge in [-0.1, -0.05) is 48.5 Å². The maximum Gasteiger partial charge on any atom is 0.251 e. The lowest BCUT2D eigenvalue weighted by Gasteiger charge is -2.13. The molecular weight excluding hydrogens is 406 g/mol. The normalized spacial score (nSPS) is 10.3. The van der Waals surface area contributed by atoms with E-state index in [1.165, 1.54) is 0 Å². The Morgan fingerprint density at radius 2 is 1.69 bits per heavy atom.